The van der Waals surface area contributed by atoms with Gasteiger partial charge in [0.15, 0.2) is 0 Å². The molecule has 0 heterocycles. The van der Waals surface area contributed by atoms with Gasteiger partial charge in [0.25, 0.3) is 0 Å². The summed E-state index contributed by atoms with van der Waals surface area (Å²) < 4.78 is 0. The molecule has 5 nitrogen and oxygen atoms in total. The predicted octanol–water partition coefficient (Wildman–Crippen LogP) is -0.0225. The molecule has 9 heavy (non-hydrogen) atoms. The van der Waals surface area contributed by atoms with Gasteiger partial charge in [-0.3, -0.25) is 15.3 Å². The van der Waals surface area contributed by atoms with Crippen molar-refractivity contribution in [3.63, 3.8) is 0 Å². The Morgan fingerprint density at radius 3 is 2.67 bits per heavy atom. The van der Waals surface area contributed by atoms with Crippen LogP contribution in [0.3, 0.4) is 0 Å². The van der Waals surface area contributed by atoms with Crippen LogP contribution in [0.15, 0.2) is 0 Å². The van der Waals surface area contributed by atoms with Crippen LogP contribution < -0.4 is 0 Å². The van der Waals surface area contributed by atoms with Gasteiger partial charge in [0.05, 0.1) is 12.0 Å². The van der Waals surface area contributed by atoms with Crippen LogP contribution in [0.2, 0.25) is 0 Å². The highest BCUT2D eigenvalue weighted by Crippen LogP contribution is 1.86. The Bertz CT molecular complexity index is 75.0. The van der Waals surface area contributed by atoms with Crippen LogP contribution in [0.25, 0.3) is 0 Å². The summed E-state index contributed by atoms with van der Waals surface area (Å²) in [6.45, 7) is 0.131. The van der Waals surface area contributed by atoms with Gasteiger partial charge in [-0.15, -0.1) is 0 Å². The molecule has 0 bridgehead atoms. The standard InChI is InChI=1S/C4H9NO4/c6-3-1-2-4-9-5(7)8/h3,7-8H,1-2,4H2. The first-order valence-corrected chi connectivity index (χ1v) is 2.52. The minimum atomic E-state index is -0.370. The smallest absolute Gasteiger partial charge is 0.120 e. The summed E-state index contributed by atoms with van der Waals surface area (Å²) in [7, 11) is 0. The number of hydrogen-bond donors (Lipinski definition) is 2. The van der Waals surface area contributed by atoms with Crippen molar-refractivity contribution in [3.05, 3.63) is 0 Å². The summed E-state index contributed by atoms with van der Waals surface area (Å²) >= 11 is 0. The van der Waals surface area contributed by atoms with Gasteiger partial charge < -0.3 is 4.79 Å². The number of carbonyl (C=O) groups excluding carboxylic acids is 1. The van der Waals surface area contributed by atoms with Crippen LogP contribution in [0.5, 0.6) is 0 Å². The van der Waals surface area contributed by atoms with Crippen molar-refractivity contribution in [2.45, 2.75) is 12.8 Å². The topological polar surface area (TPSA) is 70.0 Å². The van der Waals surface area contributed by atoms with Crippen molar-refractivity contribution in [1.82, 2.24) is 5.39 Å². The largest absolute Gasteiger partial charge is 0.303 e. The van der Waals surface area contributed by atoms with Gasteiger partial charge in [-0.05, 0) is 6.42 Å². The van der Waals surface area contributed by atoms with Crippen molar-refractivity contribution in [1.29, 1.82) is 0 Å². The Labute approximate surface area is 52.3 Å². The summed E-state index contributed by atoms with van der Waals surface area (Å²) in [6, 6.07) is 0. The third kappa shape index (κ3) is 7.51. The number of nitrogens with zero attached hydrogens (tertiary/aromatic N) is 1. The van der Waals surface area contributed by atoms with E-state index in [1.54, 1.807) is 0 Å². The fraction of sp³-hybridized carbons (Fsp3) is 0.750. The average Bonchev–Trinajstić information content (AvgIpc) is 1.80. The van der Waals surface area contributed by atoms with Gasteiger partial charge in [-0.25, -0.2) is 0 Å². The number of hydrogen-bond acceptors (Lipinski definition) is 5. The molecule has 0 rings (SSSR count). The molecule has 0 atom stereocenters. The average molecular weight is 135 g/mol. The molecule has 0 aromatic carbocycles. The Balaban J connectivity index is 2.82. The van der Waals surface area contributed by atoms with E-state index in [9.17, 15) is 4.79 Å². The molecule has 54 valence electrons. The maximum atomic E-state index is 9.66. The summed E-state index contributed by atoms with van der Waals surface area (Å²) in [6.07, 6.45) is 1.59. The van der Waals surface area contributed by atoms with E-state index in [4.69, 9.17) is 10.4 Å². The van der Waals surface area contributed by atoms with Crippen molar-refractivity contribution in [3.8, 4) is 0 Å². The molecule has 0 spiro atoms. The van der Waals surface area contributed by atoms with E-state index in [-0.39, 0.29) is 12.0 Å². The fourth-order valence-corrected chi connectivity index (χ4v) is 0.313. The zero-order chi connectivity index (χ0) is 7.11. The van der Waals surface area contributed by atoms with Crippen LogP contribution >= 0.6 is 0 Å². The van der Waals surface area contributed by atoms with E-state index in [1.165, 1.54) is 0 Å². The third-order valence-corrected chi connectivity index (χ3v) is 0.673. The molecule has 0 fully saturated rings. The lowest BCUT2D eigenvalue weighted by Crippen LogP contribution is -2.14. The summed E-state index contributed by atoms with van der Waals surface area (Å²) in [4.78, 5) is 13.8. The van der Waals surface area contributed by atoms with E-state index in [0.717, 1.165) is 6.29 Å². The van der Waals surface area contributed by atoms with E-state index >= 15 is 0 Å². The van der Waals surface area contributed by atoms with Crippen LogP contribution in [-0.2, 0) is 9.63 Å². The van der Waals surface area contributed by atoms with Crippen molar-refractivity contribution < 1.29 is 20.0 Å². The van der Waals surface area contributed by atoms with Crippen LogP contribution in [0, 0.1) is 0 Å². The highest BCUT2D eigenvalue weighted by Gasteiger charge is 1.91. The lowest BCUT2D eigenvalue weighted by atomic mass is 10.4. The monoisotopic (exact) mass is 135 g/mol. The van der Waals surface area contributed by atoms with Crippen molar-refractivity contribution in [2.75, 3.05) is 6.61 Å². The van der Waals surface area contributed by atoms with Gasteiger partial charge in [-0.2, -0.15) is 0 Å². The van der Waals surface area contributed by atoms with E-state index < -0.39 is 0 Å². The van der Waals surface area contributed by atoms with E-state index in [2.05, 4.69) is 4.84 Å². The maximum Gasteiger partial charge on any atom is 0.120 e. The van der Waals surface area contributed by atoms with Crippen molar-refractivity contribution >= 4 is 6.29 Å². The quantitative estimate of drug-likeness (QED) is 0.315. The van der Waals surface area contributed by atoms with Crippen molar-refractivity contribution in [2.24, 2.45) is 0 Å². The van der Waals surface area contributed by atoms with Gasteiger partial charge in [0, 0.05) is 6.42 Å². The fourth-order valence-electron chi connectivity index (χ4n) is 0.313. The van der Waals surface area contributed by atoms with Gasteiger partial charge >= 0.3 is 0 Å². The Kier molecular flexibility index (Phi) is 5.34. The molecule has 0 aliphatic heterocycles. The molecule has 0 saturated carbocycles. The van der Waals surface area contributed by atoms with E-state index in [1.807, 2.05) is 0 Å². The zero-order valence-electron chi connectivity index (χ0n) is 4.86. The van der Waals surface area contributed by atoms with Crippen LogP contribution in [0.4, 0.5) is 0 Å². The number of carbonyl (C=O) groups is 1. The van der Waals surface area contributed by atoms with E-state index in [0.29, 0.717) is 12.8 Å². The second-order valence-electron chi connectivity index (χ2n) is 1.39. The molecule has 0 aliphatic rings. The SMILES string of the molecule is O=CCCCON(O)O. The maximum absolute atomic E-state index is 9.66. The zero-order valence-corrected chi connectivity index (χ0v) is 4.86. The molecule has 0 aromatic heterocycles. The normalized spacial score (nSPS) is 10.1. The Morgan fingerprint density at radius 1 is 1.56 bits per heavy atom. The minimum absolute atomic E-state index is 0.131. The second kappa shape index (κ2) is 5.64. The molecule has 0 amide bonds. The predicted molar refractivity (Wildman–Crippen MR) is 26.7 cm³/mol. The summed E-state index contributed by atoms with van der Waals surface area (Å²) in [5, 5.41) is 15.5. The Hall–Kier alpha value is -0.490. The van der Waals surface area contributed by atoms with Gasteiger partial charge in [-0.1, -0.05) is 0 Å². The number of aldehydes is 1. The molecule has 5 heteroatoms. The molecule has 2 N–H and O–H groups in total. The molecule has 0 saturated heterocycles. The first kappa shape index (κ1) is 8.51. The number of unbranched alkanes of at least 4 members (excludes halogenated alkanes) is 1. The van der Waals surface area contributed by atoms with Crippen LogP contribution in [0.1, 0.15) is 12.8 Å². The first-order chi connectivity index (χ1) is 4.27. The number of rotatable bonds is 5. The highest BCUT2D eigenvalue weighted by atomic mass is 17.1. The first-order valence-electron chi connectivity index (χ1n) is 2.52. The molecule has 0 aliphatic carbocycles. The van der Waals surface area contributed by atoms with Crippen LogP contribution in [-0.4, -0.2) is 28.7 Å². The molecular formula is C4H9NO4. The lowest BCUT2D eigenvalue weighted by molar-refractivity contribution is -0.492. The summed E-state index contributed by atoms with van der Waals surface area (Å²) in [5.41, 5.74) is 0. The lowest BCUT2D eigenvalue weighted by Gasteiger charge is -2.03. The molecule has 0 aromatic rings. The van der Waals surface area contributed by atoms with Gasteiger partial charge in [0.1, 0.15) is 6.29 Å². The van der Waals surface area contributed by atoms with Gasteiger partial charge in [0.2, 0.25) is 0 Å². The third-order valence-electron chi connectivity index (χ3n) is 0.673. The second-order valence-corrected chi connectivity index (χ2v) is 1.39. The Morgan fingerprint density at radius 2 is 2.22 bits per heavy atom. The summed E-state index contributed by atoms with van der Waals surface area (Å²) in [5.74, 6) is 0. The highest BCUT2D eigenvalue weighted by molar-refractivity contribution is 5.48. The minimum Gasteiger partial charge on any atom is -0.303 e. The molecule has 0 radical (unpaired) electrons. The molecular weight excluding hydrogens is 126 g/mol. The molecule has 0 unspecified atom stereocenters.